The lowest BCUT2D eigenvalue weighted by atomic mass is 9.96. The lowest BCUT2D eigenvalue weighted by Gasteiger charge is -2.24. The fraction of sp³-hybridized carbons (Fsp3) is 0.188. The van der Waals surface area contributed by atoms with Gasteiger partial charge in [0.15, 0.2) is 0 Å². The fourth-order valence-electron chi connectivity index (χ4n) is 4.97. The van der Waals surface area contributed by atoms with Crippen LogP contribution in [0.1, 0.15) is 17.5 Å². The smallest absolute Gasteiger partial charge is 0.247 e. The molecule has 0 spiro atoms. The number of carbonyl (C=O) groups is 2. The van der Waals surface area contributed by atoms with Crippen LogP contribution in [-0.2, 0) is 22.4 Å². The number of hydrogen-bond acceptors (Lipinski definition) is 3. The van der Waals surface area contributed by atoms with Crippen molar-refractivity contribution in [1.29, 1.82) is 0 Å². The number of likely N-dealkylation sites (tertiary alicyclic amines) is 1. The highest BCUT2D eigenvalue weighted by molar-refractivity contribution is 5.97. The molecule has 0 bridgehead atoms. The zero-order chi connectivity index (χ0) is 28.1. The summed E-state index contributed by atoms with van der Waals surface area (Å²) < 4.78 is 47.4. The van der Waals surface area contributed by atoms with Gasteiger partial charge < -0.3 is 15.0 Å². The molecule has 40 heavy (non-hydrogen) atoms. The molecule has 4 aromatic rings. The van der Waals surface area contributed by atoms with E-state index in [1.165, 1.54) is 35.2 Å². The zero-order valence-electron chi connectivity index (χ0n) is 21.5. The van der Waals surface area contributed by atoms with Gasteiger partial charge in [-0.15, -0.1) is 0 Å². The molecule has 4 aromatic carbocycles. The number of benzene rings is 4. The lowest BCUT2D eigenvalue weighted by molar-refractivity contribution is -0.136. The highest BCUT2D eigenvalue weighted by atomic mass is 19.1. The molecule has 5 nitrogen and oxygen atoms in total. The number of anilines is 1. The number of nitrogens with one attached hydrogen (secondary N) is 1. The largest absolute Gasteiger partial charge is 0.457 e. The van der Waals surface area contributed by atoms with Gasteiger partial charge in [0.2, 0.25) is 11.8 Å². The lowest BCUT2D eigenvalue weighted by Crippen LogP contribution is -2.44. The standard InChI is InChI=1S/C32H27F3N2O3/c33-23-9-13-25(14-10-23)40-26-15-11-24(12-16-26)36-32(39)30-18-22(17-21-5-2-1-3-6-21)20-37(30)31(38)19-27-28(34)7-4-8-29(27)35/h1-16,22,30H,17-20H2,(H,36,39). The summed E-state index contributed by atoms with van der Waals surface area (Å²) in [5, 5.41) is 2.85. The molecule has 0 aliphatic carbocycles. The summed E-state index contributed by atoms with van der Waals surface area (Å²) in [6, 6.07) is 24.7. The van der Waals surface area contributed by atoms with Gasteiger partial charge in [0.25, 0.3) is 0 Å². The Hall–Kier alpha value is -4.59. The van der Waals surface area contributed by atoms with Gasteiger partial charge in [0, 0.05) is 17.8 Å². The van der Waals surface area contributed by atoms with Gasteiger partial charge in [-0.05, 0) is 85.0 Å². The Kier molecular flexibility index (Phi) is 8.15. The van der Waals surface area contributed by atoms with Crippen molar-refractivity contribution in [3.05, 3.63) is 126 Å². The van der Waals surface area contributed by atoms with Crippen LogP contribution in [0.3, 0.4) is 0 Å². The first kappa shape index (κ1) is 27.0. The Morgan fingerprint density at radius 2 is 1.43 bits per heavy atom. The predicted molar refractivity (Wildman–Crippen MR) is 145 cm³/mol. The monoisotopic (exact) mass is 544 g/mol. The van der Waals surface area contributed by atoms with Crippen molar-refractivity contribution < 1.29 is 27.5 Å². The number of rotatable bonds is 8. The van der Waals surface area contributed by atoms with E-state index in [0.29, 0.717) is 36.6 Å². The Morgan fingerprint density at radius 1 is 0.800 bits per heavy atom. The third kappa shape index (κ3) is 6.51. The molecule has 0 aromatic heterocycles. The normalized spacial score (nSPS) is 16.5. The van der Waals surface area contributed by atoms with E-state index in [0.717, 1.165) is 17.7 Å². The van der Waals surface area contributed by atoms with Gasteiger partial charge in [0.05, 0.1) is 6.42 Å². The van der Waals surface area contributed by atoms with Gasteiger partial charge in [-0.1, -0.05) is 36.4 Å². The second-order valence-corrected chi connectivity index (χ2v) is 9.80. The third-order valence-corrected chi connectivity index (χ3v) is 6.94. The number of ether oxygens (including phenoxy) is 1. The second-order valence-electron chi connectivity index (χ2n) is 9.80. The summed E-state index contributed by atoms with van der Waals surface area (Å²) in [6.07, 6.45) is 0.603. The van der Waals surface area contributed by atoms with E-state index in [2.05, 4.69) is 5.32 Å². The first-order valence-corrected chi connectivity index (χ1v) is 13.0. The summed E-state index contributed by atoms with van der Waals surface area (Å²) in [6.45, 7) is 0.298. The van der Waals surface area contributed by atoms with E-state index in [4.69, 9.17) is 4.74 Å². The van der Waals surface area contributed by atoms with Crippen LogP contribution in [0.25, 0.3) is 0 Å². The molecular weight excluding hydrogens is 517 g/mol. The molecule has 2 amide bonds. The zero-order valence-corrected chi connectivity index (χ0v) is 21.5. The highest BCUT2D eigenvalue weighted by Gasteiger charge is 2.39. The maximum Gasteiger partial charge on any atom is 0.247 e. The summed E-state index contributed by atoms with van der Waals surface area (Å²) in [5.74, 6) is -1.89. The number of amides is 2. The van der Waals surface area contributed by atoms with Crippen LogP contribution in [0.4, 0.5) is 18.9 Å². The molecule has 204 valence electrons. The summed E-state index contributed by atoms with van der Waals surface area (Å²) >= 11 is 0. The number of carbonyl (C=O) groups excluding carboxylic acids is 2. The van der Waals surface area contributed by atoms with Crippen molar-refractivity contribution in [3.63, 3.8) is 0 Å². The first-order valence-electron chi connectivity index (χ1n) is 13.0. The topological polar surface area (TPSA) is 58.6 Å². The van der Waals surface area contributed by atoms with Crippen molar-refractivity contribution in [3.8, 4) is 11.5 Å². The van der Waals surface area contributed by atoms with Crippen LogP contribution >= 0.6 is 0 Å². The quantitative estimate of drug-likeness (QED) is 0.274. The fourth-order valence-corrected chi connectivity index (χ4v) is 4.97. The molecule has 1 heterocycles. The van der Waals surface area contributed by atoms with Gasteiger partial charge >= 0.3 is 0 Å². The van der Waals surface area contributed by atoms with E-state index >= 15 is 0 Å². The molecule has 0 radical (unpaired) electrons. The minimum Gasteiger partial charge on any atom is -0.457 e. The molecule has 1 fully saturated rings. The minimum atomic E-state index is -0.800. The maximum absolute atomic E-state index is 14.3. The Balaban J connectivity index is 1.30. The third-order valence-electron chi connectivity index (χ3n) is 6.94. The van der Waals surface area contributed by atoms with Gasteiger partial charge in [-0.2, -0.15) is 0 Å². The Bertz CT molecular complexity index is 1460. The molecule has 1 saturated heterocycles. The molecular formula is C32H27F3N2O3. The molecule has 1 N–H and O–H groups in total. The van der Waals surface area contributed by atoms with Crippen molar-refractivity contribution in [2.24, 2.45) is 5.92 Å². The van der Waals surface area contributed by atoms with Crippen LogP contribution in [0.2, 0.25) is 0 Å². The maximum atomic E-state index is 14.3. The van der Waals surface area contributed by atoms with Crippen LogP contribution in [0, 0.1) is 23.4 Å². The number of hydrogen-bond donors (Lipinski definition) is 1. The highest BCUT2D eigenvalue weighted by Crippen LogP contribution is 2.30. The molecule has 2 unspecified atom stereocenters. The van der Waals surface area contributed by atoms with Crippen LogP contribution in [-0.4, -0.2) is 29.3 Å². The van der Waals surface area contributed by atoms with E-state index in [1.807, 2.05) is 30.3 Å². The van der Waals surface area contributed by atoms with Crippen molar-refractivity contribution in [2.75, 3.05) is 11.9 Å². The van der Waals surface area contributed by atoms with Gasteiger partial charge in [0.1, 0.15) is 35.0 Å². The number of halogens is 3. The van der Waals surface area contributed by atoms with Crippen LogP contribution in [0.15, 0.2) is 97.1 Å². The Labute approximate surface area is 230 Å². The summed E-state index contributed by atoms with van der Waals surface area (Å²) in [7, 11) is 0. The number of nitrogens with zero attached hydrogens (tertiary/aromatic N) is 1. The molecule has 5 rings (SSSR count). The van der Waals surface area contributed by atoms with E-state index in [9.17, 15) is 22.8 Å². The second kappa shape index (κ2) is 12.1. The average molecular weight is 545 g/mol. The molecule has 8 heteroatoms. The SMILES string of the molecule is O=C(Nc1ccc(Oc2ccc(F)cc2)cc1)C1CC(Cc2ccccc2)CN1C(=O)Cc1c(F)cccc1F. The molecule has 0 saturated carbocycles. The predicted octanol–water partition coefficient (Wildman–Crippen LogP) is 6.54. The van der Waals surface area contributed by atoms with Crippen molar-refractivity contribution in [2.45, 2.75) is 25.3 Å². The van der Waals surface area contributed by atoms with E-state index in [1.54, 1.807) is 24.3 Å². The summed E-state index contributed by atoms with van der Waals surface area (Å²) in [5.41, 5.74) is 1.27. The van der Waals surface area contributed by atoms with Crippen molar-refractivity contribution >= 4 is 17.5 Å². The average Bonchev–Trinajstić information content (AvgIpc) is 3.38. The Morgan fingerprint density at radius 3 is 2.08 bits per heavy atom. The van der Waals surface area contributed by atoms with E-state index < -0.39 is 30.0 Å². The molecule has 2 atom stereocenters. The van der Waals surface area contributed by atoms with E-state index in [-0.39, 0.29) is 23.2 Å². The van der Waals surface area contributed by atoms with Gasteiger partial charge in [-0.25, -0.2) is 13.2 Å². The first-order chi connectivity index (χ1) is 19.4. The molecule has 1 aliphatic heterocycles. The van der Waals surface area contributed by atoms with Crippen LogP contribution in [0.5, 0.6) is 11.5 Å². The van der Waals surface area contributed by atoms with Crippen LogP contribution < -0.4 is 10.1 Å². The minimum absolute atomic E-state index is 0.000877. The summed E-state index contributed by atoms with van der Waals surface area (Å²) in [4.78, 5) is 28.1. The van der Waals surface area contributed by atoms with Gasteiger partial charge in [-0.3, -0.25) is 9.59 Å². The molecule has 1 aliphatic rings. The van der Waals surface area contributed by atoms with Crippen molar-refractivity contribution in [1.82, 2.24) is 4.90 Å².